The first-order valence-electron chi connectivity index (χ1n) is 8.16. The quantitative estimate of drug-likeness (QED) is 0.760. The van der Waals surface area contributed by atoms with Crippen LogP contribution in [0.15, 0.2) is 59.8 Å². The topological polar surface area (TPSA) is 41.6 Å². The number of thiocarbonyl (C=S) groups is 1. The molecular formula is C20H19ClN2O2S. The minimum Gasteiger partial charge on any atom is -0.457 e. The molecular weight excluding hydrogens is 368 g/mol. The van der Waals surface area contributed by atoms with E-state index in [0.29, 0.717) is 27.2 Å². The van der Waals surface area contributed by atoms with Crippen LogP contribution in [0.5, 0.6) is 11.5 Å². The van der Waals surface area contributed by atoms with Crippen LogP contribution >= 0.6 is 23.8 Å². The van der Waals surface area contributed by atoms with Crippen molar-refractivity contribution in [1.29, 1.82) is 0 Å². The Morgan fingerprint density at radius 2 is 1.65 bits per heavy atom. The molecule has 1 atom stereocenters. The van der Waals surface area contributed by atoms with Crippen molar-refractivity contribution in [3.05, 3.63) is 70.4 Å². The van der Waals surface area contributed by atoms with E-state index in [4.69, 9.17) is 28.6 Å². The van der Waals surface area contributed by atoms with Crippen molar-refractivity contribution < 1.29 is 9.53 Å². The third kappa shape index (κ3) is 3.74. The molecule has 0 bridgehead atoms. The average molecular weight is 387 g/mol. The number of carbonyl (C=O) groups excluding carboxylic acids is 1. The molecule has 134 valence electrons. The summed E-state index contributed by atoms with van der Waals surface area (Å²) in [6.45, 7) is 3.49. The number of benzene rings is 2. The molecule has 0 spiro atoms. The minimum absolute atomic E-state index is 0.0239. The highest BCUT2D eigenvalue weighted by molar-refractivity contribution is 7.80. The summed E-state index contributed by atoms with van der Waals surface area (Å²) < 4.78 is 5.82. The Labute approximate surface area is 163 Å². The molecule has 1 N–H and O–H groups in total. The maximum absolute atomic E-state index is 12.2. The number of hydrogen-bond acceptors (Lipinski definition) is 3. The van der Waals surface area contributed by atoms with Crippen molar-refractivity contribution in [2.45, 2.75) is 19.9 Å². The fourth-order valence-corrected chi connectivity index (χ4v) is 3.29. The molecule has 1 aliphatic rings. The molecule has 1 aliphatic heterocycles. The SMILES string of the molecule is CC(=O)C1=C(C)N(C)C(=S)NC1c1ccc(Oc2ccc(Cl)cc2)cc1. The maximum atomic E-state index is 12.2. The van der Waals surface area contributed by atoms with Gasteiger partial charge in [0.2, 0.25) is 0 Å². The molecule has 0 aromatic heterocycles. The maximum Gasteiger partial charge on any atom is 0.173 e. The van der Waals surface area contributed by atoms with Gasteiger partial charge in [-0.25, -0.2) is 0 Å². The predicted molar refractivity (Wildman–Crippen MR) is 108 cm³/mol. The van der Waals surface area contributed by atoms with E-state index in [2.05, 4.69) is 5.32 Å². The van der Waals surface area contributed by atoms with Gasteiger partial charge in [-0.05, 0) is 68.0 Å². The van der Waals surface area contributed by atoms with E-state index < -0.39 is 0 Å². The summed E-state index contributed by atoms with van der Waals surface area (Å²) in [7, 11) is 1.85. The first-order valence-corrected chi connectivity index (χ1v) is 8.94. The summed E-state index contributed by atoms with van der Waals surface area (Å²) in [4.78, 5) is 14.0. The number of ketones is 1. The van der Waals surface area contributed by atoms with Gasteiger partial charge in [0, 0.05) is 23.3 Å². The number of nitrogens with one attached hydrogen (secondary N) is 1. The van der Waals surface area contributed by atoms with Crippen LogP contribution in [0.25, 0.3) is 0 Å². The Kier molecular flexibility index (Phi) is 5.30. The lowest BCUT2D eigenvalue weighted by molar-refractivity contribution is -0.114. The molecule has 0 radical (unpaired) electrons. The van der Waals surface area contributed by atoms with E-state index in [1.165, 1.54) is 0 Å². The van der Waals surface area contributed by atoms with Crippen LogP contribution in [-0.2, 0) is 4.79 Å². The van der Waals surface area contributed by atoms with E-state index >= 15 is 0 Å². The van der Waals surface area contributed by atoms with Crippen LogP contribution in [0.1, 0.15) is 25.5 Å². The van der Waals surface area contributed by atoms with Gasteiger partial charge in [0.25, 0.3) is 0 Å². The van der Waals surface area contributed by atoms with Crippen LogP contribution in [0.3, 0.4) is 0 Å². The van der Waals surface area contributed by atoms with Gasteiger partial charge in [0.1, 0.15) is 11.5 Å². The van der Waals surface area contributed by atoms with Gasteiger partial charge in [0.15, 0.2) is 10.9 Å². The highest BCUT2D eigenvalue weighted by atomic mass is 35.5. The van der Waals surface area contributed by atoms with Gasteiger partial charge in [0.05, 0.1) is 6.04 Å². The second-order valence-corrected chi connectivity index (χ2v) is 6.94. The number of rotatable bonds is 4. The lowest BCUT2D eigenvalue weighted by Crippen LogP contribution is -2.45. The Morgan fingerprint density at radius 3 is 2.19 bits per heavy atom. The normalized spacial score (nSPS) is 17.2. The van der Waals surface area contributed by atoms with E-state index in [-0.39, 0.29) is 11.8 Å². The second-order valence-electron chi connectivity index (χ2n) is 6.12. The number of halogens is 1. The summed E-state index contributed by atoms with van der Waals surface area (Å²) in [6, 6.07) is 14.5. The third-order valence-corrected chi connectivity index (χ3v) is 5.04. The molecule has 26 heavy (non-hydrogen) atoms. The van der Waals surface area contributed by atoms with Crippen molar-refractivity contribution >= 4 is 34.7 Å². The van der Waals surface area contributed by atoms with E-state index in [1.807, 2.05) is 55.3 Å². The van der Waals surface area contributed by atoms with Gasteiger partial charge in [-0.2, -0.15) is 0 Å². The first kappa shape index (κ1) is 18.4. The summed E-state index contributed by atoms with van der Waals surface area (Å²) in [5, 5.41) is 4.50. The fraction of sp³-hybridized carbons (Fsp3) is 0.200. The molecule has 2 aromatic carbocycles. The van der Waals surface area contributed by atoms with Crippen LogP contribution in [0.2, 0.25) is 5.02 Å². The molecule has 4 nitrogen and oxygen atoms in total. The smallest absolute Gasteiger partial charge is 0.173 e. The highest BCUT2D eigenvalue weighted by Crippen LogP contribution is 2.32. The lowest BCUT2D eigenvalue weighted by atomic mass is 9.92. The third-order valence-electron chi connectivity index (χ3n) is 4.40. The molecule has 0 fully saturated rings. The summed E-state index contributed by atoms with van der Waals surface area (Å²) >= 11 is 11.3. The first-order chi connectivity index (χ1) is 12.4. The zero-order valence-electron chi connectivity index (χ0n) is 14.7. The van der Waals surface area contributed by atoms with E-state index in [1.54, 1.807) is 19.1 Å². The Morgan fingerprint density at radius 1 is 1.12 bits per heavy atom. The zero-order valence-corrected chi connectivity index (χ0v) is 16.3. The molecule has 1 heterocycles. The van der Waals surface area contributed by atoms with Crippen LogP contribution in [0, 0.1) is 0 Å². The zero-order chi connectivity index (χ0) is 18.8. The molecule has 3 rings (SSSR count). The number of allylic oxidation sites excluding steroid dienone is 1. The number of Topliss-reactive ketones (excluding diaryl/α,β-unsaturated/α-hetero) is 1. The average Bonchev–Trinajstić information content (AvgIpc) is 2.61. The van der Waals surface area contributed by atoms with Crippen molar-refractivity contribution in [2.24, 2.45) is 0 Å². The van der Waals surface area contributed by atoms with Gasteiger partial charge < -0.3 is 15.0 Å². The summed E-state index contributed by atoms with van der Waals surface area (Å²) in [5.41, 5.74) is 2.54. The molecule has 0 aliphatic carbocycles. The number of hydrogen-bond donors (Lipinski definition) is 1. The predicted octanol–water partition coefficient (Wildman–Crippen LogP) is 4.86. The van der Waals surface area contributed by atoms with Crippen LogP contribution in [0.4, 0.5) is 0 Å². The standard InChI is InChI=1S/C20H19ClN2O2S/c1-12-18(13(2)24)19(22-20(26)23(12)3)14-4-8-16(9-5-14)25-17-10-6-15(21)7-11-17/h4-11,19H,1-3H3,(H,22,26). The monoisotopic (exact) mass is 386 g/mol. The van der Waals surface area contributed by atoms with E-state index in [0.717, 1.165) is 11.3 Å². The molecule has 1 unspecified atom stereocenters. The second kappa shape index (κ2) is 7.48. The van der Waals surface area contributed by atoms with Gasteiger partial charge in [-0.1, -0.05) is 23.7 Å². The summed E-state index contributed by atoms with van der Waals surface area (Å²) in [6.07, 6.45) is 0. The molecule has 2 aromatic rings. The Hall–Kier alpha value is -2.37. The molecule has 0 amide bonds. The highest BCUT2D eigenvalue weighted by Gasteiger charge is 2.30. The number of carbonyl (C=O) groups is 1. The molecule has 0 saturated heterocycles. The minimum atomic E-state index is -0.263. The van der Waals surface area contributed by atoms with Crippen molar-refractivity contribution in [1.82, 2.24) is 10.2 Å². The van der Waals surface area contributed by atoms with Gasteiger partial charge in [-0.3, -0.25) is 4.79 Å². The van der Waals surface area contributed by atoms with Crippen molar-refractivity contribution in [3.8, 4) is 11.5 Å². The largest absolute Gasteiger partial charge is 0.457 e. The van der Waals surface area contributed by atoms with Crippen LogP contribution < -0.4 is 10.1 Å². The Bertz CT molecular complexity index is 876. The van der Waals surface area contributed by atoms with E-state index in [9.17, 15) is 4.79 Å². The molecule has 0 saturated carbocycles. The lowest BCUT2D eigenvalue weighted by Gasteiger charge is -2.35. The number of ether oxygens (including phenoxy) is 1. The fourth-order valence-electron chi connectivity index (χ4n) is 2.91. The summed E-state index contributed by atoms with van der Waals surface area (Å²) in [5.74, 6) is 1.44. The Balaban J connectivity index is 1.86. The van der Waals surface area contributed by atoms with Crippen molar-refractivity contribution in [2.75, 3.05) is 7.05 Å². The van der Waals surface area contributed by atoms with Crippen molar-refractivity contribution in [3.63, 3.8) is 0 Å². The van der Waals surface area contributed by atoms with Gasteiger partial charge in [-0.15, -0.1) is 0 Å². The number of nitrogens with zero attached hydrogens (tertiary/aromatic N) is 1. The van der Waals surface area contributed by atoms with Crippen LogP contribution in [-0.4, -0.2) is 22.8 Å². The van der Waals surface area contributed by atoms with Gasteiger partial charge >= 0.3 is 0 Å². The molecule has 6 heteroatoms.